The zero-order valence-corrected chi connectivity index (χ0v) is 16.0. The fourth-order valence-electron chi connectivity index (χ4n) is 3.14. The lowest BCUT2D eigenvalue weighted by molar-refractivity contribution is 0.0102. The van der Waals surface area contributed by atoms with E-state index in [1.54, 1.807) is 12.1 Å². The van der Waals surface area contributed by atoms with Gasteiger partial charge in [-0.1, -0.05) is 42.5 Å². The van der Waals surface area contributed by atoms with E-state index in [1.165, 1.54) is 23.5 Å². The van der Waals surface area contributed by atoms with Gasteiger partial charge in [0.25, 0.3) is 0 Å². The molecule has 2 aromatic carbocycles. The van der Waals surface area contributed by atoms with Crippen LogP contribution in [0, 0.1) is 0 Å². The number of benzene rings is 2. The molecule has 0 bridgehead atoms. The minimum Gasteiger partial charge on any atom is -0.465 e. The molecule has 1 aliphatic heterocycles. The average Bonchev–Trinajstić information content (AvgIpc) is 2.72. The number of ether oxygens (including phenoxy) is 2. The van der Waals surface area contributed by atoms with Gasteiger partial charge in [0.15, 0.2) is 0 Å². The van der Waals surface area contributed by atoms with Crippen LogP contribution in [-0.2, 0) is 26.1 Å². The Morgan fingerprint density at radius 3 is 2.33 bits per heavy atom. The third-order valence-electron chi connectivity index (χ3n) is 4.64. The summed E-state index contributed by atoms with van der Waals surface area (Å²) < 4.78 is 38.0. The van der Waals surface area contributed by atoms with E-state index >= 15 is 0 Å². The summed E-state index contributed by atoms with van der Waals surface area (Å²) in [6, 6.07) is 16.0. The largest absolute Gasteiger partial charge is 0.465 e. The third kappa shape index (κ3) is 4.55. The summed E-state index contributed by atoms with van der Waals surface area (Å²) in [5.74, 6) is -0.657. The van der Waals surface area contributed by atoms with E-state index in [1.807, 2.05) is 30.3 Å². The maximum absolute atomic E-state index is 13.0. The highest BCUT2D eigenvalue weighted by atomic mass is 32.2. The van der Waals surface area contributed by atoms with Gasteiger partial charge in [-0.15, -0.1) is 0 Å². The molecule has 0 amide bonds. The number of hydrogen-bond acceptors (Lipinski definition) is 5. The smallest absolute Gasteiger partial charge is 0.339 e. The molecule has 0 radical (unpaired) electrons. The Morgan fingerprint density at radius 2 is 1.67 bits per heavy atom. The monoisotopic (exact) mass is 389 g/mol. The molecule has 6 nitrogen and oxygen atoms in total. The number of nitrogens with zero attached hydrogens (tertiary/aromatic N) is 1. The molecule has 0 saturated carbocycles. The Kier molecular flexibility index (Phi) is 6.26. The molecule has 7 heteroatoms. The van der Waals surface area contributed by atoms with Crippen LogP contribution >= 0.6 is 0 Å². The van der Waals surface area contributed by atoms with E-state index in [-0.39, 0.29) is 16.6 Å². The van der Waals surface area contributed by atoms with Crippen molar-refractivity contribution in [1.82, 2.24) is 4.31 Å². The number of esters is 1. The van der Waals surface area contributed by atoms with Gasteiger partial charge < -0.3 is 9.47 Å². The Balaban J connectivity index is 1.64. The third-order valence-corrected chi connectivity index (χ3v) is 6.60. The number of sulfonamides is 1. The predicted molar refractivity (Wildman–Crippen MR) is 101 cm³/mol. The minimum atomic E-state index is -3.76. The minimum absolute atomic E-state index is 0.0134. The molecule has 0 unspecified atom stereocenters. The average molecular weight is 389 g/mol. The lowest BCUT2D eigenvalue weighted by Gasteiger charge is -2.31. The Bertz CT molecular complexity index is 874. The van der Waals surface area contributed by atoms with Crippen molar-refractivity contribution in [2.24, 2.45) is 0 Å². The fourth-order valence-corrected chi connectivity index (χ4v) is 4.79. The first-order valence-corrected chi connectivity index (χ1v) is 10.3. The van der Waals surface area contributed by atoms with E-state index in [9.17, 15) is 13.2 Å². The van der Waals surface area contributed by atoms with Crippen LogP contribution in [0.4, 0.5) is 0 Å². The molecule has 1 aliphatic rings. The van der Waals surface area contributed by atoms with Crippen molar-refractivity contribution in [1.29, 1.82) is 0 Å². The summed E-state index contributed by atoms with van der Waals surface area (Å²) in [5.41, 5.74) is 1.15. The van der Waals surface area contributed by atoms with Crippen molar-refractivity contribution in [2.45, 2.75) is 30.4 Å². The van der Waals surface area contributed by atoms with Crippen LogP contribution in [-0.4, -0.2) is 45.0 Å². The normalized spacial score (nSPS) is 16.2. The molecule has 0 aliphatic carbocycles. The summed E-state index contributed by atoms with van der Waals surface area (Å²) in [5, 5.41) is 0. The second-order valence-electron chi connectivity index (χ2n) is 6.39. The van der Waals surface area contributed by atoms with Crippen molar-refractivity contribution >= 4 is 16.0 Å². The van der Waals surface area contributed by atoms with Crippen LogP contribution in [0.2, 0.25) is 0 Å². The summed E-state index contributed by atoms with van der Waals surface area (Å²) in [4.78, 5) is 11.9. The van der Waals surface area contributed by atoms with Gasteiger partial charge in [-0.2, -0.15) is 4.31 Å². The van der Waals surface area contributed by atoms with E-state index in [2.05, 4.69) is 0 Å². The fraction of sp³-hybridized carbons (Fsp3) is 0.350. The topological polar surface area (TPSA) is 72.9 Å². The maximum atomic E-state index is 13.0. The number of rotatable bonds is 6. The van der Waals surface area contributed by atoms with Crippen LogP contribution in [0.3, 0.4) is 0 Å². The van der Waals surface area contributed by atoms with Crippen LogP contribution in [0.5, 0.6) is 0 Å². The van der Waals surface area contributed by atoms with E-state index in [0.29, 0.717) is 32.5 Å². The Hall–Kier alpha value is -2.22. The van der Waals surface area contributed by atoms with Gasteiger partial charge in [0.1, 0.15) is 0 Å². The second kappa shape index (κ2) is 8.65. The van der Waals surface area contributed by atoms with Gasteiger partial charge in [0, 0.05) is 13.1 Å². The molecular formula is C20H23NO5S. The lowest BCUT2D eigenvalue weighted by atomic mass is 10.1. The van der Waals surface area contributed by atoms with Crippen LogP contribution in [0.1, 0.15) is 28.8 Å². The Morgan fingerprint density at radius 1 is 1.04 bits per heavy atom. The van der Waals surface area contributed by atoms with Gasteiger partial charge in [-0.3, -0.25) is 0 Å². The number of methoxy groups -OCH3 is 1. The predicted octanol–water partition coefficient (Wildman–Crippen LogP) is 2.84. The standard InChI is InChI=1S/C20H23NO5S/c1-25-20(22)18-9-5-6-10-19(18)27(23,24)21-13-11-17(12-14-21)26-15-16-7-3-2-4-8-16/h2-10,17H,11-15H2,1H3. The van der Waals surface area contributed by atoms with Crippen molar-refractivity contribution in [3.05, 3.63) is 65.7 Å². The van der Waals surface area contributed by atoms with E-state index < -0.39 is 16.0 Å². The molecule has 1 heterocycles. The quantitative estimate of drug-likeness (QED) is 0.711. The van der Waals surface area contributed by atoms with Crippen molar-refractivity contribution in [3.8, 4) is 0 Å². The van der Waals surface area contributed by atoms with Crippen LogP contribution < -0.4 is 0 Å². The first kappa shape index (κ1) is 19.5. The number of piperidine rings is 1. The SMILES string of the molecule is COC(=O)c1ccccc1S(=O)(=O)N1CCC(OCc2ccccc2)CC1. The van der Waals surface area contributed by atoms with Crippen LogP contribution in [0.15, 0.2) is 59.5 Å². The molecule has 2 aromatic rings. The van der Waals surface area contributed by atoms with Gasteiger partial charge in [0.05, 0.1) is 30.3 Å². The number of carbonyl (C=O) groups is 1. The highest BCUT2D eigenvalue weighted by molar-refractivity contribution is 7.89. The number of hydrogen-bond donors (Lipinski definition) is 0. The van der Waals surface area contributed by atoms with Gasteiger partial charge in [-0.25, -0.2) is 13.2 Å². The molecule has 27 heavy (non-hydrogen) atoms. The van der Waals surface area contributed by atoms with Crippen molar-refractivity contribution < 1.29 is 22.7 Å². The van der Waals surface area contributed by atoms with Crippen LogP contribution in [0.25, 0.3) is 0 Å². The molecule has 3 rings (SSSR count). The zero-order chi connectivity index (χ0) is 19.3. The molecule has 0 atom stereocenters. The highest BCUT2D eigenvalue weighted by Crippen LogP contribution is 2.25. The summed E-state index contributed by atoms with van der Waals surface area (Å²) in [7, 11) is -2.52. The molecule has 1 fully saturated rings. The molecule has 1 saturated heterocycles. The molecule has 144 valence electrons. The van der Waals surface area contributed by atoms with Gasteiger partial charge in [0.2, 0.25) is 10.0 Å². The van der Waals surface area contributed by atoms with Gasteiger partial charge in [-0.05, 0) is 30.5 Å². The first-order chi connectivity index (χ1) is 13.0. The van der Waals surface area contributed by atoms with E-state index in [4.69, 9.17) is 9.47 Å². The van der Waals surface area contributed by atoms with Crippen molar-refractivity contribution in [3.63, 3.8) is 0 Å². The number of carbonyl (C=O) groups excluding carboxylic acids is 1. The summed E-state index contributed by atoms with van der Waals surface area (Å²) in [6.07, 6.45) is 1.26. The second-order valence-corrected chi connectivity index (χ2v) is 8.29. The summed E-state index contributed by atoms with van der Waals surface area (Å²) in [6.45, 7) is 1.23. The molecule has 0 aromatic heterocycles. The molecule has 0 spiro atoms. The van der Waals surface area contributed by atoms with Crippen molar-refractivity contribution in [2.75, 3.05) is 20.2 Å². The summed E-state index contributed by atoms with van der Waals surface area (Å²) >= 11 is 0. The van der Waals surface area contributed by atoms with Gasteiger partial charge >= 0.3 is 5.97 Å². The Labute approximate surface area is 159 Å². The maximum Gasteiger partial charge on any atom is 0.339 e. The van der Waals surface area contributed by atoms with E-state index in [0.717, 1.165) is 5.56 Å². The first-order valence-electron chi connectivity index (χ1n) is 8.85. The highest BCUT2D eigenvalue weighted by Gasteiger charge is 2.32. The zero-order valence-electron chi connectivity index (χ0n) is 15.2. The lowest BCUT2D eigenvalue weighted by Crippen LogP contribution is -2.41. The molecule has 0 N–H and O–H groups in total. The molecular weight excluding hydrogens is 366 g/mol.